The Bertz CT molecular complexity index is 1300. The molecule has 0 spiro atoms. The van der Waals surface area contributed by atoms with Crippen molar-refractivity contribution in [2.75, 3.05) is 0 Å². The third-order valence-corrected chi connectivity index (χ3v) is 5.48. The minimum Gasteiger partial charge on any atom is -0.512 e. The molecule has 4 aromatic rings. The molecule has 5 rings (SSSR count). The van der Waals surface area contributed by atoms with Crippen LogP contribution in [0, 0.1) is 13.0 Å². The Labute approximate surface area is 201 Å². The van der Waals surface area contributed by atoms with Crippen LogP contribution in [0.25, 0.3) is 33.2 Å². The Kier molecular flexibility index (Phi) is 7.65. The molecule has 0 aliphatic heterocycles. The van der Waals surface area contributed by atoms with Crippen molar-refractivity contribution in [3.8, 4) is 11.3 Å². The zero-order valence-electron chi connectivity index (χ0n) is 18.5. The van der Waals surface area contributed by atoms with Gasteiger partial charge in [-0.05, 0) is 68.9 Å². The molecule has 0 bridgehead atoms. The van der Waals surface area contributed by atoms with Gasteiger partial charge in [0.15, 0.2) is 5.78 Å². The predicted molar refractivity (Wildman–Crippen MR) is 124 cm³/mol. The van der Waals surface area contributed by atoms with E-state index in [9.17, 15) is 4.79 Å². The number of fused-ring (bicyclic) bond motifs is 4. The van der Waals surface area contributed by atoms with E-state index in [2.05, 4.69) is 48.3 Å². The molecule has 2 aromatic carbocycles. The number of hydrogen-bond acceptors (Lipinski definition) is 4. The Morgan fingerprint density at radius 3 is 2.44 bits per heavy atom. The first kappa shape index (κ1) is 23.9. The number of furan rings is 1. The average Bonchev–Trinajstić information content (AvgIpc) is 3.09. The van der Waals surface area contributed by atoms with Gasteiger partial charge in [0.05, 0.1) is 5.76 Å². The number of nitrogens with zero attached hydrogens (tertiary/aromatic N) is 1. The van der Waals surface area contributed by atoms with Gasteiger partial charge in [0.2, 0.25) is 0 Å². The van der Waals surface area contributed by atoms with Crippen LogP contribution in [-0.2, 0) is 37.7 Å². The van der Waals surface area contributed by atoms with Crippen LogP contribution in [0.2, 0.25) is 0 Å². The number of rotatable bonds is 2. The summed E-state index contributed by atoms with van der Waals surface area (Å²) in [6.07, 6.45) is 7.96. The first-order chi connectivity index (χ1) is 14.9. The first-order valence-electron chi connectivity index (χ1n) is 10.6. The zero-order chi connectivity index (χ0) is 22.0. The second kappa shape index (κ2) is 10.2. The summed E-state index contributed by atoms with van der Waals surface area (Å²) in [5.74, 6) is -0.0625. The molecule has 0 saturated carbocycles. The van der Waals surface area contributed by atoms with E-state index in [1.807, 2.05) is 12.3 Å². The van der Waals surface area contributed by atoms with E-state index in [0.29, 0.717) is 0 Å². The average molecular weight is 605 g/mol. The number of hydrogen-bond donors (Lipinski definition) is 1. The topological polar surface area (TPSA) is 63.3 Å². The van der Waals surface area contributed by atoms with E-state index < -0.39 is 0 Å². The number of aromatic nitrogens is 1. The fourth-order valence-electron chi connectivity index (χ4n) is 4.13. The largest absolute Gasteiger partial charge is 0.512 e. The molecule has 32 heavy (non-hydrogen) atoms. The minimum atomic E-state index is -0.125. The summed E-state index contributed by atoms with van der Waals surface area (Å²) in [6, 6.07) is 16.1. The Morgan fingerprint density at radius 2 is 1.81 bits per heavy atom. The van der Waals surface area contributed by atoms with Crippen LogP contribution in [0.1, 0.15) is 43.4 Å². The molecule has 0 fully saturated rings. The molecule has 1 aliphatic carbocycles. The van der Waals surface area contributed by atoms with Crippen molar-refractivity contribution >= 4 is 27.7 Å². The number of aryl methyl sites for hydroxylation is 3. The van der Waals surface area contributed by atoms with Gasteiger partial charge in [0.1, 0.15) is 11.2 Å². The van der Waals surface area contributed by atoms with Crippen molar-refractivity contribution in [3.05, 3.63) is 77.2 Å². The van der Waals surface area contributed by atoms with Gasteiger partial charge in [0.25, 0.3) is 0 Å². The summed E-state index contributed by atoms with van der Waals surface area (Å²) in [5, 5.41) is 10.7. The van der Waals surface area contributed by atoms with Crippen molar-refractivity contribution in [1.29, 1.82) is 0 Å². The normalized spacial score (nSPS) is 13.2. The number of aliphatic hydroxyl groups excluding tert-OH is 1. The van der Waals surface area contributed by atoms with E-state index in [-0.39, 0.29) is 31.6 Å². The number of aliphatic hydroxyl groups is 1. The number of ketones is 1. The van der Waals surface area contributed by atoms with E-state index in [1.165, 1.54) is 67.7 Å². The molecule has 2 heterocycles. The van der Waals surface area contributed by atoms with Crippen LogP contribution >= 0.6 is 0 Å². The van der Waals surface area contributed by atoms with E-state index in [1.54, 1.807) is 0 Å². The molecule has 0 saturated heterocycles. The van der Waals surface area contributed by atoms with Crippen LogP contribution in [-0.4, -0.2) is 15.9 Å². The van der Waals surface area contributed by atoms with Crippen LogP contribution in [0.3, 0.4) is 0 Å². The fraction of sp³-hybridized carbons (Fsp3) is 0.259. The monoisotopic (exact) mass is 605 g/mol. The molecule has 0 unspecified atom stereocenters. The van der Waals surface area contributed by atoms with Gasteiger partial charge in [-0.2, -0.15) is 0 Å². The SMILES string of the molecule is CC(=O)/C=C(/C)O.Cc1cc[c-]c(-c2nccc3c2oc2cc4c(cc23)CCCC4)c1.[Ir]. The number of carbonyl (C=O) groups is 1. The molecule has 1 N–H and O–H groups in total. The minimum absolute atomic E-state index is 0. The quantitative estimate of drug-likeness (QED) is 0.158. The second-order valence-corrected chi connectivity index (χ2v) is 8.14. The summed E-state index contributed by atoms with van der Waals surface area (Å²) in [5.41, 5.74) is 7.86. The molecule has 0 amide bonds. The van der Waals surface area contributed by atoms with Crippen molar-refractivity contribution in [2.24, 2.45) is 0 Å². The van der Waals surface area contributed by atoms with E-state index >= 15 is 0 Å². The summed E-state index contributed by atoms with van der Waals surface area (Å²) >= 11 is 0. The van der Waals surface area contributed by atoms with Crippen LogP contribution in [0.4, 0.5) is 0 Å². The molecule has 1 radical (unpaired) electrons. The van der Waals surface area contributed by atoms with Gasteiger partial charge in [-0.3, -0.25) is 4.79 Å². The fourth-order valence-corrected chi connectivity index (χ4v) is 4.13. The van der Waals surface area contributed by atoms with Gasteiger partial charge in [-0.1, -0.05) is 6.92 Å². The molecule has 1 aliphatic rings. The predicted octanol–water partition coefficient (Wildman–Crippen LogP) is 6.67. The molecule has 4 nitrogen and oxygen atoms in total. The van der Waals surface area contributed by atoms with Gasteiger partial charge in [-0.15, -0.1) is 35.4 Å². The summed E-state index contributed by atoms with van der Waals surface area (Å²) in [6.45, 7) is 4.94. The van der Waals surface area contributed by atoms with Crippen molar-refractivity contribution in [1.82, 2.24) is 4.98 Å². The molecule has 5 heteroatoms. The number of benzene rings is 2. The number of pyridine rings is 1. The molecule has 2 aromatic heterocycles. The summed E-state index contributed by atoms with van der Waals surface area (Å²) in [4.78, 5) is 14.6. The van der Waals surface area contributed by atoms with Gasteiger partial charge in [0, 0.05) is 48.8 Å². The molecule has 167 valence electrons. The van der Waals surface area contributed by atoms with Crippen molar-refractivity contribution in [2.45, 2.75) is 46.5 Å². The van der Waals surface area contributed by atoms with Gasteiger partial charge in [-0.25, -0.2) is 0 Å². The van der Waals surface area contributed by atoms with Gasteiger partial charge < -0.3 is 14.5 Å². The number of allylic oxidation sites excluding steroid dienone is 2. The molecular formula is C27H26IrNO3-. The third kappa shape index (κ3) is 5.17. The van der Waals surface area contributed by atoms with Crippen molar-refractivity contribution in [3.63, 3.8) is 0 Å². The summed E-state index contributed by atoms with van der Waals surface area (Å²) < 4.78 is 6.26. The maximum Gasteiger partial charge on any atom is 0.155 e. The molecule has 0 atom stereocenters. The van der Waals surface area contributed by atoms with Crippen LogP contribution in [0.5, 0.6) is 0 Å². The van der Waals surface area contributed by atoms with Gasteiger partial charge >= 0.3 is 0 Å². The van der Waals surface area contributed by atoms with Crippen molar-refractivity contribution < 1.29 is 34.4 Å². The van der Waals surface area contributed by atoms with Crippen LogP contribution in [0.15, 0.2) is 58.8 Å². The van der Waals surface area contributed by atoms with Crippen LogP contribution < -0.4 is 0 Å². The second-order valence-electron chi connectivity index (χ2n) is 8.14. The molecular weight excluding hydrogens is 579 g/mol. The Balaban J connectivity index is 0.000000318. The number of carbonyl (C=O) groups excluding carboxylic acids is 1. The first-order valence-corrected chi connectivity index (χ1v) is 10.6. The zero-order valence-corrected chi connectivity index (χ0v) is 20.9. The Morgan fingerprint density at radius 1 is 1.09 bits per heavy atom. The standard InChI is InChI=1S/C22H18NO.C5H8O2.Ir/c1-14-5-4-8-17(11-14)21-22-18(9-10-23-21)19-12-15-6-2-3-7-16(15)13-20(19)24-22;1-4(6)3-5(2)7;/h4-5,9-13H,2-3,6-7H2,1H3;3,6H,1-2H3;/q-1;;/b;4-3-;. The third-order valence-electron chi connectivity index (χ3n) is 5.48. The smallest absolute Gasteiger partial charge is 0.155 e. The van der Waals surface area contributed by atoms with E-state index in [4.69, 9.17) is 9.52 Å². The van der Waals surface area contributed by atoms with E-state index in [0.717, 1.165) is 27.8 Å². The maximum absolute atomic E-state index is 10.0. The summed E-state index contributed by atoms with van der Waals surface area (Å²) in [7, 11) is 0. The maximum atomic E-state index is 10.0. The Hall–Kier alpha value is -2.75.